The second-order valence-electron chi connectivity index (χ2n) is 4.57. The van der Waals surface area contributed by atoms with Crippen molar-refractivity contribution < 1.29 is 25.2 Å². The molecule has 2 aromatic rings. The molecule has 2 amide bonds. The monoisotopic (exact) mass is 330 g/mol. The van der Waals surface area contributed by atoms with Gasteiger partial charge in [-0.1, -0.05) is 0 Å². The van der Waals surface area contributed by atoms with Crippen LogP contribution >= 0.6 is 0 Å². The summed E-state index contributed by atoms with van der Waals surface area (Å²) in [6, 6.07) is 7.39. The number of urea groups is 1. The van der Waals surface area contributed by atoms with Crippen LogP contribution < -0.4 is 10.9 Å². The molecule has 24 heavy (non-hydrogen) atoms. The lowest BCUT2D eigenvalue weighted by molar-refractivity contribution is 0.242. The predicted octanol–water partition coefficient (Wildman–Crippen LogP) is 1.18. The standard InChI is InChI=1S/C15H14N4O5/c20-11-3-1-9(5-13(11)22)7-16-18-15(24)19-17-8-10-2-4-12(21)14(23)6-10/h1-8,20-23H,(H2,18,19,24)/b16-7-,17-8-. The number of hydrogen-bond donors (Lipinski definition) is 6. The van der Waals surface area contributed by atoms with E-state index in [1.807, 2.05) is 0 Å². The summed E-state index contributed by atoms with van der Waals surface area (Å²) in [5.74, 6) is -1.12. The summed E-state index contributed by atoms with van der Waals surface area (Å²) in [5.41, 5.74) is 5.22. The van der Waals surface area contributed by atoms with Crippen molar-refractivity contribution >= 4 is 18.5 Å². The molecule has 124 valence electrons. The van der Waals surface area contributed by atoms with Crippen molar-refractivity contribution in [1.82, 2.24) is 10.9 Å². The van der Waals surface area contributed by atoms with Crippen molar-refractivity contribution in [3.63, 3.8) is 0 Å². The van der Waals surface area contributed by atoms with Crippen molar-refractivity contribution in [2.75, 3.05) is 0 Å². The summed E-state index contributed by atoms with van der Waals surface area (Å²) in [5, 5.41) is 44.2. The van der Waals surface area contributed by atoms with Gasteiger partial charge in [-0.25, -0.2) is 15.6 Å². The van der Waals surface area contributed by atoms with Gasteiger partial charge >= 0.3 is 6.03 Å². The largest absolute Gasteiger partial charge is 0.504 e. The molecule has 2 aromatic carbocycles. The summed E-state index contributed by atoms with van der Waals surface area (Å²) < 4.78 is 0. The number of aromatic hydroxyl groups is 4. The third kappa shape index (κ3) is 4.63. The Hall–Kier alpha value is -3.75. The fraction of sp³-hybridized carbons (Fsp3) is 0. The zero-order chi connectivity index (χ0) is 17.5. The summed E-state index contributed by atoms with van der Waals surface area (Å²) in [4.78, 5) is 11.4. The average molecular weight is 330 g/mol. The van der Waals surface area contributed by atoms with E-state index in [2.05, 4.69) is 21.1 Å². The molecule has 0 atom stereocenters. The van der Waals surface area contributed by atoms with E-state index in [0.29, 0.717) is 11.1 Å². The molecule has 0 spiro atoms. The molecule has 0 aliphatic rings. The molecule has 0 aromatic heterocycles. The highest BCUT2D eigenvalue weighted by Gasteiger charge is 2.00. The van der Waals surface area contributed by atoms with Crippen LogP contribution in [0.4, 0.5) is 4.79 Å². The molecule has 0 aliphatic carbocycles. The molecule has 0 saturated heterocycles. The molecule has 0 unspecified atom stereocenters. The van der Waals surface area contributed by atoms with Crippen molar-refractivity contribution in [2.24, 2.45) is 10.2 Å². The molecule has 2 rings (SSSR count). The lowest BCUT2D eigenvalue weighted by Crippen LogP contribution is -2.28. The van der Waals surface area contributed by atoms with E-state index >= 15 is 0 Å². The maximum atomic E-state index is 11.4. The summed E-state index contributed by atoms with van der Waals surface area (Å²) in [6.07, 6.45) is 2.53. The van der Waals surface area contributed by atoms with Crippen LogP contribution in [0, 0.1) is 0 Å². The predicted molar refractivity (Wildman–Crippen MR) is 86.4 cm³/mol. The van der Waals surface area contributed by atoms with Crippen LogP contribution in [-0.4, -0.2) is 38.9 Å². The number of rotatable bonds is 4. The minimum Gasteiger partial charge on any atom is -0.504 e. The Bertz CT molecular complexity index is 739. The lowest BCUT2D eigenvalue weighted by atomic mass is 10.2. The third-order valence-corrected chi connectivity index (χ3v) is 2.76. The Kier molecular flexibility index (Phi) is 5.19. The lowest BCUT2D eigenvalue weighted by Gasteiger charge is -2.00. The summed E-state index contributed by atoms with van der Waals surface area (Å²) >= 11 is 0. The van der Waals surface area contributed by atoms with Crippen molar-refractivity contribution in [1.29, 1.82) is 0 Å². The van der Waals surface area contributed by atoms with Crippen molar-refractivity contribution in [2.45, 2.75) is 0 Å². The van der Waals surface area contributed by atoms with Gasteiger partial charge in [0.2, 0.25) is 0 Å². The number of nitrogens with zero attached hydrogens (tertiary/aromatic N) is 2. The van der Waals surface area contributed by atoms with Gasteiger partial charge in [0.1, 0.15) is 0 Å². The number of carbonyl (C=O) groups excluding carboxylic acids is 1. The number of benzene rings is 2. The Balaban J connectivity index is 1.84. The molecule has 0 aliphatic heterocycles. The van der Waals surface area contributed by atoms with Gasteiger partial charge in [-0.2, -0.15) is 10.2 Å². The maximum absolute atomic E-state index is 11.4. The molecule has 0 bridgehead atoms. The molecule has 0 radical (unpaired) electrons. The second-order valence-corrected chi connectivity index (χ2v) is 4.57. The molecule has 6 N–H and O–H groups in total. The molecular weight excluding hydrogens is 316 g/mol. The maximum Gasteiger partial charge on any atom is 0.355 e. The number of carbonyl (C=O) groups is 1. The number of phenolic OH excluding ortho intramolecular Hbond substituents is 4. The topological polar surface area (TPSA) is 147 Å². The fourth-order valence-corrected chi connectivity index (χ4v) is 1.60. The normalized spacial score (nSPS) is 11.0. The van der Waals surface area contributed by atoms with Crippen LogP contribution in [0.15, 0.2) is 46.6 Å². The van der Waals surface area contributed by atoms with Gasteiger partial charge in [-0.15, -0.1) is 0 Å². The summed E-state index contributed by atoms with van der Waals surface area (Å²) in [6.45, 7) is 0. The Labute approximate surface area is 136 Å². The van der Waals surface area contributed by atoms with E-state index in [-0.39, 0.29) is 23.0 Å². The summed E-state index contributed by atoms with van der Waals surface area (Å²) in [7, 11) is 0. The first-order chi connectivity index (χ1) is 11.5. The number of hydrogen-bond acceptors (Lipinski definition) is 7. The van der Waals surface area contributed by atoms with Crippen molar-refractivity contribution in [3.05, 3.63) is 47.5 Å². The Morgan fingerprint density at radius 2 is 1.17 bits per heavy atom. The Morgan fingerprint density at radius 1 is 0.750 bits per heavy atom. The molecule has 9 heteroatoms. The van der Waals surface area contributed by atoms with E-state index < -0.39 is 6.03 Å². The van der Waals surface area contributed by atoms with Gasteiger partial charge in [-0.05, 0) is 47.5 Å². The smallest absolute Gasteiger partial charge is 0.355 e. The van der Waals surface area contributed by atoms with Gasteiger partial charge in [0.25, 0.3) is 0 Å². The zero-order valence-electron chi connectivity index (χ0n) is 12.2. The SMILES string of the molecule is O=C(N/N=C\c1ccc(O)c(O)c1)N/N=C\c1ccc(O)c(O)c1. The minimum absolute atomic E-state index is 0.257. The minimum atomic E-state index is -0.714. The van der Waals surface area contributed by atoms with Crippen LogP contribution in [0.2, 0.25) is 0 Å². The highest BCUT2D eigenvalue weighted by molar-refractivity contribution is 5.84. The molecular formula is C15H14N4O5. The van der Waals surface area contributed by atoms with Crippen LogP contribution in [-0.2, 0) is 0 Å². The highest BCUT2D eigenvalue weighted by atomic mass is 16.3. The number of hydrazone groups is 2. The van der Waals surface area contributed by atoms with Gasteiger partial charge in [0, 0.05) is 0 Å². The van der Waals surface area contributed by atoms with Crippen molar-refractivity contribution in [3.8, 4) is 23.0 Å². The van der Waals surface area contributed by atoms with E-state index in [9.17, 15) is 15.0 Å². The van der Waals surface area contributed by atoms with Crippen LogP contribution in [0.1, 0.15) is 11.1 Å². The first kappa shape index (κ1) is 16.6. The first-order valence-electron chi connectivity index (χ1n) is 6.62. The molecule has 9 nitrogen and oxygen atoms in total. The van der Waals surface area contributed by atoms with Gasteiger partial charge in [-0.3, -0.25) is 0 Å². The average Bonchev–Trinajstić information content (AvgIpc) is 2.54. The quantitative estimate of drug-likeness (QED) is 0.283. The molecule has 0 fully saturated rings. The zero-order valence-corrected chi connectivity index (χ0v) is 12.2. The van der Waals surface area contributed by atoms with Gasteiger partial charge < -0.3 is 20.4 Å². The number of amides is 2. The van der Waals surface area contributed by atoms with E-state index in [0.717, 1.165) is 0 Å². The second kappa shape index (κ2) is 7.49. The van der Waals surface area contributed by atoms with Gasteiger partial charge in [0.05, 0.1) is 12.4 Å². The van der Waals surface area contributed by atoms with Crippen LogP contribution in [0.5, 0.6) is 23.0 Å². The molecule has 0 heterocycles. The highest BCUT2D eigenvalue weighted by Crippen LogP contribution is 2.24. The van der Waals surface area contributed by atoms with Crippen LogP contribution in [0.3, 0.4) is 0 Å². The Morgan fingerprint density at radius 3 is 1.54 bits per heavy atom. The fourth-order valence-electron chi connectivity index (χ4n) is 1.60. The number of phenols is 4. The first-order valence-corrected chi connectivity index (χ1v) is 6.62. The number of nitrogens with one attached hydrogen (secondary N) is 2. The van der Waals surface area contributed by atoms with E-state index in [1.165, 1.54) is 48.8 Å². The molecule has 0 saturated carbocycles. The third-order valence-electron chi connectivity index (χ3n) is 2.76. The van der Waals surface area contributed by atoms with E-state index in [1.54, 1.807) is 0 Å². The van der Waals surface area contributed by atoms with Gasteiger partial charge in [0.15, 0.2) is 23.0 Å². The van der Waals surface area contributed by atoms with E-state index in [4.69, 9.17) is 10.2 Å². The van der Waals surface area contributed by atoms with Crippen LogP contribution in [0.25, 0.3) is 0 Å².